The summed E-state index contributed by atoms with van der Waals surface area (Å²) in [5.74, 6) is 0.783. The molecule has 0 bridgehead atoms. The van der Waals surface area contributed by atoms with Crippen molar-refractivity contribution < 1.29 is 4.79 Å². The topological polar surface area (TPSA) is 81.7 Å². The lowest BCUT2D eigenvalue weighted by Crippen LogP contribution is -2.37. The number of rotatable bonds is 1. The molecule has 1 aliphatic carbocycles. The lowest BCUT2D eigenvalue weighted by atomic mass is 9.90. The van der Waals surface area contributed by atoms with Crippen molar-refractivity contribution in [1.82, 2.24) is 26.1 Å². The molecule has 0 saturated carbocycles. The number of benzene rings is 1. The van der Waals surface area contributed by atoms with E-state index < -0.39 is 0 Å². The van der Waals surface area contributed by atoms with Crippen LogP contribution in [0.1, 0.15) is 24.8 Å². The van der Waals surface area contributed by atoms with Gasteiger partial charge in [0.15, 0.2) is 0 Å². The second-order valence-corrected chi connectivity index (χ2v) is 7.62. The second kappa shape index (κ2) is 6.20. The molecule has 3 aliphatic heterocycles. The minimum absolute atomic E-state index is 0.0106. The molecule has 2 aromatic rings. The molecule has 144 valence electrons. The zero-order chi connectivity index (χ0) is 19.4. The lowest BCUT2D eigenvalue weighted by Gasteiger charge is -2.27. The molecule has 7 nitrogen and oxygen atoms in total. The number of pyridine rings is 1. The van der Waals surface area contributed by atoms with Crippen LogP contribution in [0.2, 0.25) is 0 Å². The van der Waals surface area contributed by atoms with Gasteiger partial charge in [0.2, 0.25) is 0 Å². The molecule has 7 heteroatoms. The largest absolute Gasteiger partial charge is 0.351 e. The zero-order valence-corrected chi connectivity index (χ0v) is 15.8. The Morgan fingerprint density at radius 3 is 3.00 bits per heavy atom. The SMILES string of the molecule is O=C1NCCCN2NC3=C4NC(c5cnc6ccccc6c5)=NC=C4CCC3=C12. The highest BCUT2D eigenvalue weighted by Crippen LogP contribution is 2.39. The first-order chi connectivity index (χ1) is 14.3. The number of nitrogens with one attached hydrogen (secondary N) is 3. The van der Waals surface area contributed by atoms with Gasteiger partial charge in [0.1, 0.15) is 11.5 Å². The third kappa shape index (κ3) is 2.54. The van der Waals surface area contributed by atoms with Crippen LogP contribution < -0.4 is 16.1 Å². The maximum absolute atomic E-state index is 12.6. The van der Waals surface area contributed by atoms with Crippen molar-refractivity contribution >= 4 is 22.6 Å². The van der Waals surface area contributed by atoms with E-state index in [1.807, 2.05) is 35.6 Å². The van der Waals surface area contributed by atoms with Crippen molar-refractivity contribution in [3.8, 4) is 0 Å². The lowest BCUT2D eigenvalue weighted by molar-refractivity contribution is -0.118. The Bertz CT molecular complexity index is 1190. The van der Waals surface area contributed by atoms with Crippen LogP contribution in [0, 0.1) is 0 Å². The van der Waals surface area contributed by atoms with Crippen LogP contribution >= 0.6 is 0 Å². The molecule has 1 aromatic carbocycles. The van der Waals surface area contributed by atoms with Gasteiger partial charge in [-0.15, -0.1) is 0 Å². The molecular weight excluding hydrogens is 364 g/mol. The number of carbonyl (C=O) groups is 1. The number of hydrazine groups is 1. The Labute approximate surface area is 167 Å². The Morgan fingerprint density at radius 2 is 2.03 bits per heavy atom. The van der Waals surface area contributed by atoms with E-state index in [4.69, 9.17) is 0 Å². The van der Waals surface area contributed by atoms with Crippen LogP contribution in [-0.4, -0.2) is 34.8 Å². The molecule has 4 aliphatic rings. The number of carbonyl (C=O) groups excluding carboxylic acids is 1. The van der Waals surface area contributed by atoms with Crippen molar-refractivity contribution in [2.75, 3.05) is 13.1 Å². The van der Waals surface area contributed by atoms with E-state index in [0.717, 1.165) is 82.9 Å². The number of allylic oxidation sites excluding steroid dienone is 2. The van der Waals surface area contributed by atoms with E-state index in [9.17, 15) is 4.79 Å². The molecule has 1 saturated heterocycles. The molecule has 4 heterocycles. The van der Waals surface area contributed by atoms with Crippen LogP contribution in [0.3, 0.4) is 0 Å². The molecule has 3 N–H and O–H groups in total. The molecule has 0 atom stereocenters. The number of para-hydroxylation sites is 1. The van der Waals surface area contributed by atoms with Gasteiger partial charge in [-0.1, -0.05) is 18.2 Å². The average Bonchev–Trinajstić information content (AvgIpc) is 3.05. The molecule has 1 amide bonds. The van der Waals surface area contributed by atoms with E-state index in [1.165, 1.54) is 0 Å². The predicted octanol–water partition coefficient (Wildman–Crippen LogP) is 2.07. The first-order valence-corrected chi connectivity index (χ1v) is 9.97. The van der Waals surface area contributed by atoms with Gasteiger partial charge in [-0.25, -0.2) is 4.99 Å². The van der Waals surface area contributed by atoms with Gasteiger partial charge < -0.3 is 10.6 Å². The number of amides is 1. The quantitative estimate of drug-likeness (QED) is 0.701. The van der Waals surface area contributed by atoms with Crippen molar-refractivity contribution in [2.24, 2.45) is 4.99 Å². The van der Waals surface area contributed by atoms with E-state index in [-0.39, 0.29) is 5.91 Å². The Kier molecular flexibility index (Phi) is 3.50. The molecule has 0 radical (unpaired) electrons. The summed E-state index contributed by atoms with van der Waals surface area (Å²) >= 11 is 0. The van der Waals surface area contributed by atoms with Crippen molar-refractivity contribution in [3.05, 3.63) is 76.5 Å². The fourth-order valence-corrected chi connectivity index (χ4v) is 4.40. The minimum atomic E-state index is 0.0106. The van der Waals surface area contributed by atoms with E-state index in [2.05, 4.69) is 38.2 Å². The fraction of sp³-hybridized carbons (Fsp3) is 0.227. The van der Waals surface area contributed by atoms with Gasteiger partial charge in [0, 0.05) is 42.0 Å². The van der Waals surface area contributed by atoms with Gasteiger partial charge in [0.25, 0.3) is 5.91 Å². The number of nitrogens with zero attached hydrogens (tertiary/aromatic N) is 3. The number of fused-ring (bicyclic) bond motifs is 4. The monoisotopic (exact) mass is 384 g/mol. The molecular formula is C22H20N6O. The molecule has 29 heavy (non-hydrogen) atoms. The van der Waals surface area contributed by atoms with Crippen molar-refractivity contribution in [3.63, 3.8) is 0 Å². The van der Waals surface area contributed by atoms with Crippen LogP contribution in [0.15, 0.2) is 76.0 Å². The smallest absolute Gasteiger partial charge is 0.269 e. The summed E-state index contributed by atoms with van der Waals surface area (Å²) in [6.45, 7) is 1.53. The van der Waals surface area contributed by atoms with E-state index >= 15 is 0 Å². The van der Waals surface area contributed by atoms with Crippen LogP contribution in [-0.2, 0) is 4.79 Å². The summed E-state index contributed by atoms with van der Waals surface area (Å²) in [4.78, 5) is 21.8. The van der Waals surface area contributed by atoms with Crippen LogP contribution in [0.5, 0.6) is 0 Å². The summed E-state index contributed by atoms with van der Waals surface area (Å²) < 4.78 is 0. The summed E-state index contributed by atoms with van der Waals surface area (Å²) in [6.07, 6.45) is 6.41. The van der Waals surface area contributed by atoms with Crippen LogP contribution in [0.25, 0.3) is 10.9 Å². The average molecular weight is 384 g/mol. The van der Waals surface area contributed by atoms with Gasteiger partial charge in [-0.05, 0) is 37.0 Å². The van der Waals surface area contributed by atoms with E-state index in [1.54, 1.807) is 0 Å². The minimum Gasteiger partial charge on any atom is -0.351 e. The molecule has 1 aromatic heterocycles. The summed E-state index contributed by atoms with van der Waals surface area (Å²) in [6, 6.07) is 10.2. The number of hydrogen-bond acceptors (Lipinski definition) is 6. The fourth-order valence-electron chi connectivity index (χ4n) is 4.40. The Balaban J connectivity index is 1.42. The molecule has 0 spiro atoms. The number of hydrogen-bond donors (Lipinski definition) is 3. The first kappa shape index (κ1) is 16.4. The predicted molar refractivity (Wildman–Crippen MR) is 110 cm³/mol. The zero-order valence-electron chi connectivity index (χ0n) is 15.8. The maximum atomic E-state index is 12.6. The summed E-state index contributed by atoms with van der Waals surface area (Å²) in [5.41, 5.74) is 10.4. The molecule has 0 unspecified atom stereocenters. The van der Waals surface area contributed by atoms with E-state index in [0.29, 0.717) is 0 Å². The highest BCUT2D eigenvalue weighted by atomic mass is 16.2. The number of amidine groups is 1. The van der Waals surface area contributed by atoms with Gasteiger partial charge >= 0.3 is 0 Å². The normalized spacial score (nSPS) is 20.7. The highest BCUT2D eigenvalue weighted by molar-refractivity contribution is 6.03. The standard InChI is InChI=1S/C22H20N6O/c29-22-20-16-7-6-14-11-25-21(15-10-13-4-1-2-5-17(13)24-12-15)26-18(14)19(16)27-28(20)9-3-8-23-22/h1-2,4-5,10-12,27H,3,6-9H2,(H,23,29)(H,25,26). The molecule has 1 fully saturated rings. The third-order valence-corrected chi connectivity index (χ3v) is 5.84. The summed E-state index contributed by atoms with van der Waals surface area (Å²) in [5, 5.41) is 9.59. The Hall–Kier alpha value is -3.61. The number of aliphatic imine (C=N–C) groups is 1. The number of aromatic nitrogens is 1. The maximum Gasteiger partial charge on any atom is 0.269 e. The van der Waals surface area contributed by atoms with Crippen molar-refractivity contribution in [2.45, 2.75) is 19.3 Å². The second-order valence-electron chi connectivity index (χ2n) is 7.62. The Morgan fingerprint density at radius 1 is 1.10 bits per heavy atom. The molecule has 6 rings (SSSR count). The van der Waals surface area contributed by atoms with Crippen LogP contribution in [0.4, 0.5) is 0 Å². The van der Waals surface area contributed by atoms with Gasteiger partial charge in [0.05, 0.1) is 16.9 Å². The first-order valence-electron chi connectivity index (χ1n) is 9.97. The highest BCUT2D eigenvalue weighted by Gasteiger charge is 2.37. The van der Waals surface area contributed by atoms with Gasteiger partial charge in [-0.2, -0.15) is 0 Å². The summed E-state index contributed by atoms with van der Waals surface area (Å²) in [7, 11) is 0. The van der Waals surface area contributed by atoms with Crippen molar-refractivity contribution in [1.29, 1.82) is 0 Å². The van der Waals surface area contributed by atoms with Gasteiger partial charge in [-0.3, -0.25) is 20.2 Å². The third-order valence-electron chi connectivity index (χ3n) is 5.84.